The van der Waals surface area contributed by atoms with Crippen LogP contribution in [0.5, 0.6) is 0 Å². The van der Waals surface area contributed by atoms with E-state index < -0.39 is 0 Å². The first-order chi connectivity index (χ1) is 8.81. The second kappa shape index (κ2) is 6.58. The van der Waals surface area contributed by atoms with Crippen molar-refractivity contribution in [1.82, 2.24) is 10.2 Å². The molecule has 2 nitrogen and oxygen atoms in total. The highest BCUT2D eigenvalue weighted by Crippen LogP contribution is 2.30. The first kappa shape index (κ1) is 13.1. The molecule has 2 rings (SSSR count). The first-order valence-corrected chi connectivity index (χ1v) is 6.70. The van der Waals surface area contributed by atoms with E-state index in [1.165, 1.54) is 24.0 Å². The van der Waals surface area contributed by atoms with Gasteiger partial charge in [-0.1, -0.05) is 30.2 Å². The zero-order valence-corrected chi connectivity index (χ0v) is 11.2. The predicted octanol–water partition coefficient (Wildman–Crippen LogP) is 2.25. The molecule has 1 aliphatic rings. The van der Waals surface area contributed by atoms with E-state index in [4.69, 9.17) is 6.42 Å². The van der Waals surface area contributed by atoms with Crippen molar-refractivity contribution in [3.05, 3.63) is 35.4 Å². The van der Waals surface area contributed by atoms with E-state index in [-0.39, 0.29) is 0 Å². The zero-order chi connectivity index (χ0) is 12.8. The minimum Gasteiger partial charge on any atom is -0.316 e. The van der Waals surface area contributed by atoms with Crippen molar-refractivity contribution >= 4 is 0 Å². The van der Waals surface area contributed by atoms with E-state index in [1.54, 1.807) is 0 Å². The molecule has 0 spiro atoms. The fraction of sp³-hybridized carbons (Fsp3) is 0.500. The lowest BCUT2D eigenvalue weighted by atomic mass is 10.1. The molecule has 0 radical (unpaired) electrons. The van der Waals surface area contributed by atoms with Crippen molar-refractivity contribution in [3.8, 4) is 12.3 Å². The maximum atomic E-state index is 5.46. The van der Waals surface area contributed by atoms with Crippen molar-refractivity contribution in [3.63, 3.8) is 0 Å². The molecule has 0 saturated heterocycles. The van der Waals surface area contributed by atoms with Crippen LogP contribution in [0.1, 0.15) is 24.0 Å². The Morgan fingerprint density at radius 1 is 1.39 bits per heavy atom. The Kier molecular flexibility index (Phi) is 4.81. The Hall–Kier alpha value is -1.30. The maximum absolute atomic E-state index is 5.46. The Bertz CT molecular complexity index is 415. The van der Waals surface area contributed by atoms with Gasteiger partial charge in [-0.15, -0.1) is 6.42 Å². The van der Waals surface area contributed by atoms with Crippen LogP contribution in [0.2, 0.25) is 0 Å². The number of nitrogens with zero attached hydrogens (tertiary/aromatic N) is 1. The molecule has 0 aliphatic heterocycles. The van der Waals surface area contributed by atoms with Gasteiger partial charge in [0.15, 0.2) is 0 Å². The molecule has 1 fully saturated rings. The molecule has 1 aromatic rings. The van der Waals surface area contributed by atoms with Gasteiger partial charge < -0.3 is 5.32 Å². The molecule has 0 atom stereocenters. The summed E-state index contributed by atoms with van der Waals surface area (Å²) in [6.07, 6.45) is 8.21. The van der Waals surface area contributed by atoms with Gasteiger partial charge in [-0.3, -0.25) is 4.90 Å². The second-order valence-electron chi connectivity index (χ2n) is 5.17. The highest BCUT2D eigenvalue weighted by molar-refractivity contribution is 5.23. The number of nitrogens with one attached hydrogen (secondary N) is 1. The number of hydrogen-bond donors (Lipinski definition) is 1. The molecule has 0 unspecified atom stereocenters. The summed E-state index contributed by atoms with van der Waals surface area (Å²) in [6, 6.07) is 8.75. The molecule has 0 bridgehead atoms. The van der Waals surface area contributed by atoms with Gasteiger partial charge in [-0.05, 0) is 36.9 Å². The fourth-order valence-electron chi connectivity index (χ4n) is 2.28. The van der Waals surface area contributed by atoms with E-state index in [0.29, 0.717) is 0 Å². The van der Waals surface area contributed by atoms with E-state index in [2.05, 4.69) is 40.4 Å². The summed E-state index contributed by atoms with van der Waals surface area (Å²) >= 11 is 0. The summed E-state index contributed by atoms with van der Waals surface area (Å²) < 4.78 is 0. The third-order valence-electron chi connectivity index (χ3n) is 3.31. The van der Waals surface area contributed by atoms with Crippen molar-refractivity contribution in [2.45, 2.75) is 25.9 Å². The number of terminal acetylenes is 1. The van der Waals surface area contributed by atoms with Crippen LogP contribution in [-0.4, -0.2) is 25.0 Å². The van der Waals surface area contributed by atoms with E-state index in [9.17, 15) is 0 Å². The monoisotopic (exact) mass is 242 g/mol. The molecule has 1 saturated carbocycles. The zero-order valence-electron chi connectivity index (χ0n) is 11.2. The fourth-order valence-corrected chi connectivity index (χ4v) is 2.28. The summed E-state index contributed by atoms with van der Waals surface area (Å²) in [5.74, 6) is 3.66. The van der Waals surface area contributed by atoms with Crippen molar-refractivity contribution < 1.29 is 0 Å². The van der Waals surface area contributed by atoms with Crippen LogP contribution in [0.25, 0.3) is 0 Å². The molecular formula is C16H22N2. The van der Waals surface area contributed by atoms with Crippen molar-refractivity contribution in [2.75, 3.05) is 20.1 Å². The molecule has 1 aromatic carbocycles. The lowest BCUT2D eigenvalue weighted by Crippen LogP contribution is -2.26. The van der Waals surface area contributed by atoms with Gasteiger partial charge in [0, 0.05) is 19.6 Å². The van der Waals surface area contributed by atoms with Gasteiger partial charge >= 0.3 is 0 Å². The molecule has 1 aliphatic carbocycles. The smallest absolute Gasteiger partial charge is 0.0601 e. The van der Waals surface area contributed by atoms with Crippen molar-refractivity contribution in [1.29, 1.82) is 0 Å². The Balaban J connectivity index is 1.96. The Morgan fingerprint density at radius 3 is 2.83 bits per heavy atom. The van der Waals surface area contributed by atoms with E-state index >= 15 is 0 Å². The molecule has 1 N–H and O–H groups in total. The quantitative estimate of drug-likeness (QED) is 0.738. The lowest BCUT2D eigenvalue weighted by Gasteiger charge is -2.20. The third-order valence-corrected chi connectivity index (χ3v) is 3.31. The normalized spacial score (nSPS) is 14.7. The number of hydrogen-bond acceptors (Lipinski definition) is 2. The highest BCUT2D eigenvalue weighted by atomic mass is 15.1. The third kappa shape index (κ3) is 4.18. The van der Waals surface area contributed by atoms with E-state index in [0.717, 1.165) is 32.1 Å². The van der Waals surface area contributed by atoms with Crippen LogP contribution < -0.4 is 5.32 Å². The van der Waals surface area contributed by atoms with Gasteiger partial charge in [0.25, 0.3) is 0 Å². The second-order valence-corrected chi connectivity index (χ2v) is 5.17. The lowest BCUT2D eigenvalue weighted by molar-refractivity contribution is 0.286. The molecule has 0 aromatic heterocycles. The van der Waals surface area contributed by atoms with Crippen LogP contribution in [0.4, 0.5) is 0 Å². The molecule has 0 heterocycles. The number of benzene rings is 1. The standard InChI is InChI=1S/C16H22N2/c1-3-9-18(12-14-7-8-14)13-16-6-4-5-15(10-16)11-17-2/h1,4-6,10,14,17H,7-9,11-13H2,2H3. The summed E-state index contributed by atoms with van der Waals surface area (Å²) in [4.78, 5) is 2.39. The van der Waals surface area contributed by atoms with Crippen LogP contribution in [0.15, 0.2) is 24.3 Å². The predicted molar refractivity (Wildman–Crippen MR) is 76.0 cm³/mol. The molecular weight excluding hydrogens is 220 g/mol. The van der Waals surface area contributed by atoms with Gasteiger partial charge in [0.2, 0.25) is 0 Å². The summed E-state index contributed by atoms with van der Waals surface area (Å²) in [6.45, 7) is 3.80. The van der Waals surface area contributed by atoms with Gasteiger partial charge in [-0.2, -0.15) is 0 Å². The van der Waals surface area contributed by atoms with Gasteiger partial charge in [-0.25, -0.2) is 0 Å². The SMILES string of the molecule is C#CCN(Cc1cccc(CNC)c1)CC1CC1. The summed E-state index contributed by atoms with van der Waals surface area (Å²) in [7, 11) is 1.98. The molecule has 96 valence electrons. The molecule has 0 amide bonds. The minimum absolute atomic E-state index is 0.757. The van der Waals surface area contributed by atoms with Crippen LogP contribution in [0.3, 0.4) is 0 Å². The average Bonchev–Trinajstić information content (AvgIpc) is 3.14. The Labute approximate surface area is 110 Å². The van der Waals surface area contributed by atoms with Gasteiger partial charge in [0.05, 0.1) is 6.54 Å². The summed E-state index contributed by atoms with van der Waals surface area (Å²) in [5.41, 5.74) is 2.70. The van der Waals surface area contributed by atoms with Crippen LogP contribution in [-0.2, 0) is 13.1 Å². The van der Waals surface area contributed by atoms with Crippen molar-refractivity contribution in [2.24, 2.45) is 5.92 Å². The molecule has 18 heavy (non-hydrogen) atoms. The minimum atomic E-state index is 0.757. The van der Waals surface area contributed by atoms with E-state index in [1.807, 2.05) is 7.05 Å². The average molecular weight is 242 g/mol. The first-order valence-electron chi connectivity index (χ1n) is 6.70. The largest absolute Gasteiger partial charge is 0.316 e. The molecule has 2 heteroatoms. The van der Waals surface area contributed by atoms with Gasteiger partial charge in [0.1, 0.15) is 0 Å². The summed E-state index contributed by atoms with van der Waals surface area (Å²) in [5, 5.41) is 3.19. The highest BCUT2D eigenvalue weighted by Gasteiger charge is 2.23. The van der Waals surface area contributed by atoms with Crippen LogP contribution >= 0.6 is 0 Å². The Morgan fingerprint density at radius 2 is 2.17 bits per heavy atom. The number of rotatable bonds is 7. The topological polar surface area (TPSA) is 15.3 Å². The maximum Gasteiger partial charge on any atom is 0.0601 e. The van der Waals surface area contributed by atoms with Crippen LogP contribution in [0, 0.1) is 18.3 Å².